The van der Waals surface area contributed by atoms with Crippen LogP contribution in [-0.4, -0.2) is 34.1 Å². The molecule has 3 rings (SSSR count). The zero-order valence-electron chi connectivity index (χ0n) is 10.7. The fourth-order valence-corrected chi connectivity index (χ4v) is 5.06. The van der Waals surface area contributed by atoms with E-state index in [4.69, 9.17) is 0 Å². The van der Waals surface area contributed by atoms with Gasteiger partial charge in [0, 0.05) is 6.61 Å². The Hall–Kier alpha value is -0.120. The van der Waals surface area contributed by atoms with Gasteiger partial charge in [-0.25, -0.2) is 0 Å². The minimum Gasteiger partial charge on any atom is -0.396 e. The van der Waals surface area contributed by atoms with Crippen LogP contribution in [0.5, 0.6) is 0 Å². The van der Waals surface area contributed by atoms with Crippen molar-refractivity contribution in [2.45, 2.75) is 45.3 Å². The van der Waals surface area contributed by atoms with Gasteiger partial charge in [-0.05, 0) is 54.3 Å². The van der Waals surface area contributed by atoms with Crippen LogP contribution < -0.4 is 0 Å². The van der Waals surface area contributed by atoms with Crippen molar-refractivity contribution in [2.75, 3.05) is 6.61 Å². The molecule has 8 atom stereocenters. The summed E-state index contributed by atoms with van der Waals surface area (Å²) in [4.78, 5) is 0. The van der Waals surface area contributed by atoms with Gasteiger partial charge in [-0.1, -0.05) is 13.8 Å². The summed E-state index contributed by atoms with van der Waals surface area (Å²) in [5, 5.41) is 29.2. The quantitative estimate of drug-likeness (QED) is 0.675. The van der Waals surface area contributed by atoms with Gasteiger partial charge < -0.3 is 15.3 Å². The third-order valence-corrected chi connectivity index (χ3v) is 6.27. The van der Waals surface area contributed by atoms with E-state index >= 15 is 0 Å². The van der Waals surface area contributed by atoms with Gasteiger partial charge in [-0.3, -0.25) is 0 Å². The molecule has 0 aliphatic heterocycles. The number of hydrogen-bond donors (Lipinski definition) is 3. The van der Waals surface area contributed by atoms with E-state index in [1.165, 1.54) is 6.42 Å². The lowest BCUT2D eigenvalue weighted by Crippen LogP contribution is -2.42. The molecule has 3 nitrogen and oxygen atoms in total. The molecule has 3 saturated carbocycles. The lowest BCUT2D eigenvalue weighted by molar-refractivity contribution is -0.0693. The molecule has 98 valence electrons. The van der Waals surface area contributed by atoms with Gasteiger partial charge in [-0.15, -0.1) is 0 Å². The molecule has 0 aromatic rings. The molecule has 0 radical (unpaired) electrons. The summed E-state index contributed by atoms with van der Waals surface area (Å²) < 4.78 is 0. The van der Waals surface area contributed by atoms with Crippen LogP contribution in [0.4, 0.5) is 0 Å². The molecule has 0 bridgehead atoms. The Kier molecular flexibility index (Phi) is 2.59. The average Bonchev–Trinajstić information content (AvgIpc) is 2.75. The highest BCUT2D eigenvalue weighted by molar-refractivity contribution is 5.22. The van der Waals surface area contributed by atoms with Crippen molar-refractivity contribution in [3.8, 4) is 0 Å². The summed E-state index contributed by atoms with van der Waals surface area (Å²) in [6.07, 6.45) is 2.07. The summed E-state index contributed by atoms with van der Waals surface area (Å²) in [6.45, 7) is 4.50. The number of aliphatic hydroxyl groups excluding tert-OH is 3. The van der Waals surface area contributed by atoms with Crippen molar-refractivity contribution in [1.29, 1.82) is 0 Å². The predicted octanol–water partition coefficient (Wildman–Crippen LogP) is 1.02. The Morgan fingerprint density at radius 3 is 2.53 bits per heavy atom. The molecule has 3 aliphatic carbocycles. The van der Waals surface area contributed by atoms with Gasteiger partial charge in [0.25, 0.3) is 0 Å². The number of aliphatic hydroxyl groups is 3. The fraction of sp³-hybridized carbons (Fsp3) is 1.00. The first-order valence-corrected chi connectivity index (χ1v) is 6.99. The maximum absolute atomic E-state index is 10.1. The minimum atomic E-state index is -0.542. The van der Waals surface area contributed by atoms with E-state index in [1.807, 2.05) is 0 Å². The first kappa shape index (κ1) is 11.9. The molecular weight excluding hydrogens is 216 g/mol. The molecule has 0 heterocycles. The van der Waals surface area contributed by atoms with Crippen molar-refractivity contribution in [3.05, 3.63) is 0 Å². The summed E-state index contributed by atoms with van der Waals surface area (Å²) in [5.74, 6) is 2.55. The van der Waals surface area contributed by atoms with E-state index in [0.29, 0.717) is 29.1 Å². The molecule has 3 fully saturated rings. The highest BCUT2D eigenvalue weighted by atomic mass is 16.3. The van der Waals surface area contributed by atoms with E-state index in [2.05, 4.69) is 13.8 Å². The monoisotopic (exact) mass is 240 g/mol. The van der Waals surface area contributed by atoms with E-state index in [-0.39, 0.29) is 12.5 Å². The Labute approximate surface area is 103 Å². The van der Waals surface area contributed by atoms with Crippen LogP contribution in [0.2, 0.25) is 0 Å². The molecule has 0 aromatic heterocycles. The van der Waals surface area contributed by atoms with Gasteiger partial charge in [0.2, 0.25) is 0 Å². The average molecular weight is 240 g/mol. The van der Waals surface area contributed by atoms with E-state index in [1.54, 1.807) is 0 Å². The van der Waals surface area contributed by atoms with Gasteiger partial charge >= 0.3 is 0 Å². The molecule has 3 heteroatoms. The largest absolute Gasteiger partial charge is 0.396 e. The van der Waals surface area contributed by atoms with Crippen LogP contribution in [0.15, 0.2) is 0 Å². The minimum absolute atomic E-state index is 0.220. The Morgan fingerprint density at radius 1 is 1.24 bits per heavy atom. The molecule has 3 N–H and O–H groups in total. The number of hydrogen-bond acceptors (Lipinski definition) is 3. The van der Waals surface area contributed by atoms with E-state index in [0.717, 1.165) is 12.8 Å². The summed E-state index contributed by atoms with van der Waals surface area (Å²) >= 11 is 0. The Bertz CT molecular complexity index is 319. The molecule has 0 aromatic carbocycles. The molecule has 1 spiro atoms. The summed E-state index contributed by atoms with van der Waals surface area (Å²) in [6, 6.07) is 0. The number of rotatable bonds is 2. The van der Waals surface area contributed by atoms with Crippen LogP contribution in [0.25, 0.3) is 0 Å². The van der Waals surface area contributed by atoms with E-state index < -0.39 is 12.2 Å². The second-order valence-electron chi connectivity index (χ2n) is 6.77. The van der Waals surface area contributed by atoms with E-state index in [9.17, 15) is 15.3 Å². The van der Waals surface area contributed by atoms with Crippen molar-refractivity contribution in [1.82, 2.24) is 0 Å². The fourth-order valence-electron chi connectivity index (χ4n) is 5.06. The molecular formula is C14H24O3. The van der Waals surface area contributed by atoms with Crippen molar-refractivity contribution >= 4 is 0 Å². The first-order valence-electron chi connectivity index (χ1n) is 6.99. The highest BCUT2D eigenvalue weighted by Gasteiger charge is 2.74. The summed E-state index contributed by atoms with van der Waals surface area (Å²) in [5.41, 5.74) is 0.298. The zero-order valence-corrected chi connectivity index (χ0v) is 10.7. The molecule has 0 unspecified atom stereocenters. The molecule has 0 amide bonds. The lowest BCUT2D eigenvalue weighted by Gasteiger charge is -2.37. The number of fused-ring (bicyclic) bond motifs is 1. The lowest BCUT2D eigenvalue weighted by atomic mass is 9.72. The topological polar surface area (TPSA) is 60.7 Å². The van der Waals surface area contributed by atoms with Crippen LogP contribution >= 0.6 is 0 Å². The zero-order chi connectivity index (χ0) is 12.4. The van der Waals surface area contributed by atoms with Crippen LogP contribution in [0.1, 0.15) is 33.1 Å². The Morgan fingerprint density at radius 2 is 1.88 bits per heavy atom. The second kappa shape index (κ2) is 3.69. The van der Waals surface area contributed by atoms with Crippen LogP contribution in [0.3, 0.4) is 0 Å². The highest BCUT2D eigenvalue weighted by Crippen LogP contribution is 2.77. The maximum Gasteiger partial charge on any atom is 0.0830 e. The first-order chi connectivity index (χ1) is 8.02. The molecule has 3 aliphatic rings. The SMILES string of the molecule is C[C@@H]1[C@@H](O)[C@H](O)C[C@@H]2[C@H]3C[C@@H]([C@@H](C)CO)C[C@]132. The molecule has 0 saturated heterocycles. The normalized spacial score (nSPS) is 58.4. The van der Waals surface area contributed by atoms with Crippen molar-refractivity contribution in [3.63, 3.8) is 0 Å². The second-order valence-corrected chi connectivity index (χ2v) is 6.77. The summed E-state index contributed by atoms with van der Waals surface area (Å²) in [7, 11) is 0. The maximum atomic E-state index is 10.1. The van der Waals surface area contributed by atoms with Crippen LogP contribution in [0, 0.1) is 35.0 Å². The molecule has 17 heavy (non-hydrogen) atoms. The van der Waals surface area contributed by atoms with Gasteiger partial charge in [0.05, 0.1) is 12.2 Å². The third kappa shape index (κ3) is 1.39. The Balaban J connectivity index is 1.77. The van der Waals surface area contributed by atoms with Crippen LogP contribution in [-0.2, 0) is 0 Å². The third-order valence-electron chi connectivity index (χ3n) is 6.27. The van der Waals surface area contributed by atoms with Gasteiger partial charge in [-0.2, -0.15) is 0 Å². The smallest absolute Gasteiger partial charge is 0.0830 e. The van der Waals surface area contributed by atoms with Gasteiger partial charge in [0.1, 0.15) is 0 Å². The van der Waals surface area contributed by atoms with Crippen molar-refractivity contribution < 1.29 is 15.3 Å². The van der Waals surface area contributed by atoms with Gasteiger partial charge in [0.15, 0.2) is 0 Å². The van der Waals surface area contributed by atoms with Crippen molar-refractivity contribution in [2.24, 2.45) is 35.0 Å². The standard InChI is InChI=1S/C14H24O3/c1-7(6-15)9-3-10-11-4-12(16)13(17)8(2)14(10,11)5-9/h7-13,15-17H,3-6H2,1-2H3/t7-,8+,9+,10+,11+,12+,13+,14-/m0/s1. The predicted molar refractivity (Wildman–Crippen MR) is 64.2 cm³/mol.